The second kappa shape index (κ2) is 5.79. The van der Waals surface area contributed by atoms with Crippen molar-refractivity contribution in [2.75, 3.05) is 0 Å². The molecule has 0 saturated heterocycles. The van der Waals surface area contributed by atoms with Gasteiger partial charge in [-0.05, 0) is 24.3 Å². The van der Waals surface area contributed by atoms with Gasteiger partial charge in [-0.1, -0.05) is 30.3 Å². The van der Waals surface area contributed by atoms with Crippen LogP contribution in [0.4, 0.5) is 13.6 Å². The summed E-state index contributed by atoms with van der Waals surface area (Å²) in [5.74, 6) is -5.84. The maximum Gasteiger partial charge on any atom is 0.408 e. The first-order valence-electron chi connectivity index (χ1n) is 7.47. The zero-order valence-electron chi connectivity index (χ0n) is 12.2. The minimum Gasteiger partial charge on any atom is -0.480 e. The number of carbonyl (C=O) groups is 2. The summed E-state index contributed by atoms with van der Waals surface area (Å²) < 4.78 is 31.4. The van der Waals surface area contributed by atoms with E-state index in [0.29, 0.717) is 0 Å². The highest BCUT2D eigenvalue weighted by atomic mass is 19.3. The molecule has 0 heterocycles. The summed E-state index contributed by atoms with van der Waals surface area (Å²) in [5.41, 5.74) is 0.774. The van der Waals surface area contributed by atoms with E-state index in [9.17, 15) is 23.5 Å². The molecule has 124 valence electrons. The second-order valence-corrected chi connectivity index (χ2v) is 6.14. The number of fused-ring (bicyclic) bond motifs is 1. The fourth-order valence-corrected chi connectivity index (χ4v) is 3.40. The Labute approximate surface area is 131 Å². The van der Waals surface area contributed by atoms with Crippen LogP contribution in [0.5, 0.6) is 0 Å². The molecule has 0 spiro atoms. The van der Waals surface area contributed by atoms with Gasteiger partial charge in [-0.2, -0.15) is 0 Å². The molecule has 7 heteroatoms. The molecule has 0 aromatic heterocycles. The van der Waals surface area contributed by atoms with E-state index in [-0.39, 0.29) is 19.4 Å². The van der Waals surface area contributed by atoms with Gasteiger partial charge in [0.25, 0.3) is 5.92 Å². The number of carboxylic acid groups (broad SMARTS) is 1. The zero-order valence-corrected chi connectivity index (χ0v) is 12.2. The molecule has 5 nitrogen and oxygen atoms in total. The van der Waals surface area contributed by atoms with E-state index < -0.39 is 41.8 Å². The normalized spacial score (nSPS) is 28.5. The smallest absolute Gasteiger partial charge is 0.408 e. The number of amides is 1. The van der Waals surface area contributed by atoms with Crippen molar-refractivity contribution < 1.29 is 28.2 Å². The van der Waals surface area contributed by atoms with E-state index in [1.165, 1.54) is 0 Å². The van der Waals surface area contributed by atoms with Crippen LogP contribution in [0, 0.1) is 17.8 Å². The first kappa shape index (κ1) is 15.7. The summed E-state index contributed by atoms with van der Waals surface area (Å²) in [5, 5.41) is 11.5. The largest absolute Gasteiger partial charge is 0.480 e. The van der Waals surface area contributed by atoms with Crippen LogP contribution in [0.3, 0.4) is 0 Å². The van der Waals surface area contributed by atoms with Crippen molar-refractivity contribution in [2.45, 2.75) is 31.4 Å². The molecule has 2 aliphatic rings. The first-order valence-corrected chi connectivity index (χ1v) is 7.47. The first-order chi connectivity index (χ1) is 10.9. The molecule has 1 amide bonds. The summed E-state index contributed by atoms with van der Waals surface area (Å²) in [7, 11) is 0. The van der Waals surface area contributed by atoms with Crippen LogP contribution >= 0.6 is 0 Å². The number of hydrogen-bond acceptors (Lipinski definition) is 3. The number of rotatable bonds is 5. The number of benzene rings is 1. The highest BCUT2D eigenvalue weighted by Crippen LogP contribution is 2.66. The highest BCUT2D eigenvalue weighted by Gasteiger charge is 2.72. The lowest BCUT2D eigenvalue weighted by molar-refractivity contribution is -0.141. The molecule has 3 rings (SSSR count). The van der Waals surface area contributed by atoms with Crippen LogP contribution in [0.15, 0.2) is 30.3 Å². The molecule has 1 aromatic rings. The lowest BCUT2D eigenvalue weighted by Gasteiger charge is -2.22. The third kappa shape index (κ3) is 3.13. The average molecular weight is 325 g/mol. The van der Waals surface area contributed by atoms with Gasteiger partial charge >= 0.3 is 12.1 Å². The molecule has 2 fully saturated rings. The van der Waals surface area contributed by atoms with Gasteiger partial charge < -0.3 is 15.2 Å². The second-order valence-electron chi connectivity index (χ2n) is 6.14. The van der Waals surface area contributed by atoms with Gasteiger partial charge in [0.2, 0.25) is 0 Å². The molecule has 2 N–H and O–H groups in total. The Morgan fingerprint density at radius 2 is 1.87 bits per heavy atom. The van der Waals surface area contributed by atoms with E-state index in [1.54, 1.807) is 24.3 Å². The summed E-state index contributed by atoms with van der Waals surface area (Å²) in [6, 6.07) is 7.76. The third-order valence-corrected chi connectivity index (χ3v) is 4.70. The Hall–Kier alpha value is -2.18. The van der Waals surface area contributed by atoms with Gasteiger partial charge in [0, 0.05) is 11.8 Å². The Morgan fingerprint density at radius 1 is 1.26 bits per heavy atom. The van der Waals surface area contributed by atoms with Gasteiger partial charge in [0.05, 0.1) is 0 Å². The lowest BCUT2D eigenvalue weighted by atomic mass is 9.94. The van der Waals surface area contributed by atoms with Crippen molar-refractivity contribution >= 4 is 12.1 Å². The molecule has 0 bridgehead atoms. The molecular weight excluding hydrogens is 308 g/mol. The molecule has 0 aliphatic heterocycles. The average Bonchev–Trinajstić information content (AvgIpc) is 2.90. The number of hydrogen-bond donors (Lipinski definition) is 2. The molecule has 2 unspecified atom stereocenters. The summed E-state index contributed by atoms with van der Waals surface area (Å²) in [6.07, 6.45) is -0.616. The molecule has 0 radical (unpaired) electrons. The molecule has 2 aliphatic carbocycles. The van der Waals surface area contributed by atoms with Crippen LogP contribution in [0.2, 0.25) is 0 Å². The van der Waals surface area contributed by atoms with E-state index in [4.69, 9.17) is 4.74 Å². The minimum atomic E-state index is -2.66. The van der Waals surface area contributed by atoms with Crippen molar-refractivity contribution in [1.82, 2.24) is 5.32 Å². The van der Waals surface area contributed by atoms with Crippen molar-refractivity contribution in [3.63, 3.8) is 0 Å². The van der Waals surface area contributed by atoms with E-state index in [2.05, 4.69) is 5.32 Å². The van der Waals surface area contributed by atoms with Crippen LogP contribution in [-0.2, 0) is 16.1 Å². The quantitative estimate of drug-likeness (QED) is 0.873. The standard InChI is InChI=1S/C16H17F2NO4/c17-16(18)11-6-10(7-12(11)16)13(14(20)21)19-15(22)23-8-9-4-2-1-3-5-9/h1-5,10-13H,6-8H2,(H,19,22)(H,20,21)/t10?,11-,12+,13?. The number of alkyl halides is 2. The van der Waals surface area contributed by atoms with Gasteiger partial charge in [0.15, 0.2) is 0 Å². The molecule has 23 heavy (non-hydrogen) atoms. The maximum absolute atomic E-state index is 13.2. The Bertz CT molecular complexity index is 593. The molecule has 4 atom stereocenters. The number of nitrogens with one attached hydrogen (secondary N) is 1. The maximum atomic E-state index is 13.2. The van der Waals surface area contributed by atoms with Crippen molar-refractivity contribution in [2.24, 2.45) is 17.8 Å². The minimum absolute atomic E-state index is 0.0208. The number of alkyl carbamates (subject to hydrolysis) is 1. The Kier molecular flexibility index (Phi) is 3.95. The topological polar surface area (TPSA) is 75.6 Å². The van der Waals surface area contributed by atoms with Crippen LogP contribution < -0.4 is 5.32 Å². The molecule has 2 saturated carbocycles. The van der Waals surface area contributed by atoms with Gasteiger partial charge in [-0.25, -0.2) is 18.4 Å². The van der Waals surface area contributed by atoms with Crippen LogP contribution in [0.25, 0.3) is 0 Å². The monoisotopic (exact) mass is 325 g/mol. The number of carboxylic acids is 1. The Morgan fingerprint density at radius 3 is 2.43 bits per heavy atom. The van der Waals surface area contributed by atoms with E-state index >= 15 is 0 Å². The van der Waals surface area contributed by atoms with Gasteiger partial charge in [-0.15, -0.1) is 0 Å². The van der Waals surface area contributed by atoms with Gasteiger partial charge in [0.1, 0.15) is 12.6 Å². The summed E-state index contributed by atoms with van der Waals surface area (Å²) in [6.45, 7) is 0.0208. The number of ether oxygens (including phenoxy) is 1. The fourth-order valence-electron chi connectivity index (χ4n) is 3.40. The fraction of sp³-hybridized carbons (Fsp3) is 0.500. The summed E-state index contributed by atoms with van der Waals surface area (Å²) in [4.78, 5) is 23.1. The third-order valence-electron chi connectivity index (χ3n) is 4.70. The van der Waals surface area contributed by atoms with Crippen molar-refractivity contribution in [1.29, 1.82) is 0 Å². The number of aliphatic carboxylic acids is 1. The van der Waals surface area contributed by atoms with E-state index in [0.717, 1.165) is 5.56 Å². The SMILES string of the molecule is O=C(NC(C(=O)O)C1C[C@@H]2[C@H](C1)C2(F)F)OCc1ccccc1. The zero-order chi connectivity index (χ0) is 16.6. The van der Waals surface area contributed by atoms with Crippen LogP contribution in [0.1, 0.15) is 18.4 Å². The molecule has 1 aromatic carbocycles. The number of halogens is 2. The summed E-state index contributed by atoms with van der Waals surface area (Å²) >= 11 is 0. The highest BCUT2D eigenvalue weighted by molar-refractivity contribution is 5.80. The number of carbonyl (C=O) groups excluding carboxylic acids is 1. The van der Waals surface area contributed by atoms with Crippen LogP contribution in [-0.4, -0.2) is 29.1 Å². The lowest BCUT2D eigenvalue weighted by Crippen LogP contribution is -2.46. The van der Waals surface area contributed by atoms with Gasteiger partial charge in [-0.3, -0.25) is 0 Å². The van der Waals surface area contributed by atoms with E-state index in [1.807, 2.05) is 6.07 Å². The predicted molar refractivity (Wildman–Crippen MR) is 75.8 cm³/mol. The van der Waals surface area contributed by atoms with Crippen molar-refractivity contribution in [3.8, 4) is 0 Å². The predicted octanol–water partition coefficient (Wildman–Crippen LogP) is 2.66. The van der Waals surface area contributed by atoms with Crippen molar-refractivity contribution in [3.05, 3.63) is 35.9 Å². The molecular formula is C16H17F2NO4. The Balaban J connectivity index is 1.52.